The summed E-state index contributed by atoms with van der Waals surface area (Å²) >= 11 is 0. The highest BCUT2D eigenvalue weighted by Crippen LogP contribution is 2.32. The number of rotatable bonds is 9. The first kappa shape index (κ1) is 20.9. The molecule has 1 amide bonds. The smallest absolute Gasteiger partial charge is 0.271 e. The number of amides is 1. The average Bonchev–Trinajstić information content (AvgIpc) is 3.25. The highest BCUT2D eigenvalue weighted by molar-refractivity contribution is 5.96. The fourth-order valence-electron chi connectivity index (χ4n) is 2.79. The van der Waals surface area contributed by atoms with E-state index in [4.69, 9.17) is 14.2 Å². The molecule has 8 heteroatoms. The molecule has 1 aromatic heterocycles. The van der Waals surface area contributed by atoms with Crippen LogP contribution in [0.5, 0.6) is 17.2 Å². The maximum absolute atomic E-state index is 12.4. The maximum atomic E-state index is 12.4. The highest BCUT2D eigenvalue weighted by Gasteiger charge is 2.11. The van der Waals surface area contributed by atoms with E-state index in [2.05, 4.69) is 20.7 Å². The van der Waals surface area contributed by atoms with Crippen molar-refractivity contribution in [3.05, 3.63) is 59.8 Å². The van der Waals surface area contributed by atoms with Crippen molar-refractivity contribution in [2.24, 2.45) is 5.10 Å². The van der Waals surface area contributed by atoms with Gasteiger partial charge in [0.15, 0.2) is 11.5 Å². The quantitative estimate of drug-likeness (QED) is 0.416. The van der Waals surface area contributed by atoms with Crippen molar-refractivity contribution in [3.63, 3.8) is 0 Å². The van der Waals surface area contributed by atoms with E-state index < -0.39 is 0 Å². The first-order valence-corrected chi connectivity index (χ1v) is 9.48. The molecule has 0 aliphatic heterocycles. The lowest BCUT2D eigenvalue weighted by atomic mass is 10.1. The van der Waals surface area contributed by atoms with Gasteiger partial charge in [0.05, 0.1) is 38.9 Å². The molecule has 2 N–H and O–H groups in total. The predicted octanol–water partition coefficient (Wildman–Crippen LogP) is 3.65. The molecule has 3 aromatic rings. The third-order valence-corrected chi connectivity index (χ3v) is 4.28. The molecule has 0 aliphatic rings. The molecule has 0 aliphatic carbocycles. The van der Waals surface area contributed by atoms with Gasteiger partial charge < -0.3 is 14.2 Å². The first-order valence-electron chi connectivity index (χ1n) is 9.48. The summed E-state index contributed by atoms with van der Waals surface area (Å²) in [5.74, 6) is 1.56. The zero-order valence-corrected chi connectivity index (χ0v) is 17.1. The second-order valence-electron chi connectivity index (χ2n) is 6.35. The molecule has 0 radical (unpaired) electrons. The van der Waals surface area contributed by atoms with E-state index in [0.29, 0.717) is 35.0 Å². The number of ether oxygens (including phenoxy) is 3. The van der Waals surface area contributed by atoms with Crippen molar-refractivity contribution in [3.8, 4) is 28.5 Å². The van der Waals surface area contributed by atoms with Crippen LogP contribution in [0, 0.1) is 0 Å². The molecule has 0 atom stereocenters. The van der Waals surface area contributed by atoms with E-state index in [9.17, 15) is 4.79 Å². The summed E-state index contributed by atoms with van der Waals surface area (Å²) in [6, 6.07) is 12.5. The van der Waals surface area contributed by atoms with Crippen LogP contribution in [0.15, 0.2) is 53.8 Å². The van der Waals surface area contributed by atoms with Crippen LogP contribution in [0.1, 0.15) is 29.3 Å². The van der Waals surface area contributed by atoms with E-state index in [1.807, 2.05) is 31.2 Å². The highest BCUT2D eigenvalue weighted by atomic mass is 16.5. The Hall–Kier alpha value is -3.81. The Kier molecular flexibility index (Phi) is 7.05. The molecule has 0 unspecified atom stereocenters. The van der Waals surface area contributed by atoms with Crippen LogP contribution >= 0.6 is 0 Å². The van der Waals surface area contributed by atoms with Crippen molar-refractivity contribution in [2.45, 2.75) is 13.3 Å². The predicted molar refractivity (Wildman–Crippen MR) is 114 cm³/mol. The monoisotopic (exact) mass is 408 g/mol. The number of nitrogens with zero attached hydrogens (tertiary/aromatic N) is 2. The summed E-state index contributed by atoms with van der Waals surface area (Å²) in [7, 11) is 3.16. The van der Waals surface area contributed by atoms with E-state index >= 15 is 0 Å². The van der Waals surface area contributed by atoms with Crippen molar-refractivity contribution >= 4 is 12.1 Å². The molecule has 0 fully saturated rings. The Morgan fingerprint density at radius 3 is 2.77 bits per heavy atom. The lowest BCUT2D eigenvalue weighted by Gasteiger charge is -2.09. The fraction of sp³-hybridized carbons (Fsp3) is 0.227. The number of hydrogen-bond donors (Lipinski definition) is 2. The molecule has 30 heavy (non-hydrogen) atoms. The standard InChI is InChI=1S/C22H24N4O4/c1-4-10-30-18-7-5-6-16(11-18)22(27)26-24-14-17-13-23-25-21(17)15-8-9-19(28-2)20(12-15)29-3/h5-9,11-14H,4,10H2,1-3H3,(H,23,25)(H,26,27)/b24-14-. The summed E-state index contributed by atoms with van der Waals surface area (Å²) < 4.78 is 16.2. The Morgan fingerprint density at radius 2 is 2.00 bits per heavy atom. The van der Waals surface area contributed by atoms with Gasteiger partial charge in [-0.2, -0.15) is 10.2 Å². The van der Waals surface area contributed by atoms with Crippen LogP contribution in [-0.2, 0) is 0 Å². The lowest BCUT2D eigenvalue weighted by Crippen LogP contribution is -2.17. The number of aromatic amines is 1. The zero-order chi connectivity index (χ0) is 21.3. The average molecular weight is 408 g/mol. The maximum Gasteiger partial charge on any atom is 0.271 e. The second-order valence-corrected chi connectivity index (χ2v) is 6.35. The van der Waals surface area contributed by atoms with Gasteiger partial charge >= 0.3 is 0 Å². The third kappa shape index (κ3) is 4.96. The van der Waals surface area contributed by atoms with Gasteiger partial charge in [-0.3, -0.25) is 9.89 Å². The third-order valence-electron chi connectivity index (χ3n) is 4.28. The molecule has 0 saturated carbocycles. The Balaban J connectivity index is 1.71. The van der Waals surface area contributed by atoms with E-state index in [1.165, 1.54) is 6.21 Å². The molecule has 2 aromatic carbocycles. The van der Waals surface area contributed by atoms with Crippen molar-refractivity contribution in [1.29, 1.82) is 0 Å². The summed E-state index contributed by atoms with van der Waals surface area (Å²) in [6.45, 7) is 2.63. The molecule has 1 heterocycles. The lowest BCUT2D eigenvalue weighted by molar-refractivity contribution is 0.0954. The van der Waals surface area contributed by atoms with Gasteiger partial charge in [-0.25, -0.2) is 5.43 Å². The number of benzene rings is 2. The first-order chi connectivity index (χ1) is 14.7. The molecule has 0 spiro atoms. The number of carbonyl (C=O) groups is 1. The molecular weight excluding hydrogens is 384 g/mol. The van der Waals surface area contributed by atoms with Crippen LogP contribution in [0.4, 0.5) is 0 Å². The summed E-state index contributed by atoms with van der Waals surface area (Å²) in [5, 5.41) is 11.1. The molecule has 0 bridgehead atoms. The second kappa shape index (κ2) is 10.1. The van der Waals surface area contributed by atoms with Gasteiger partial charge in [-0.05, 0) is 42.8 Å². The summed E-state index contributed by atoms with van der Waals surface area (Å²) in [4.78, 5) is 12.4. The minimum absolute atomic E-state index is 0.329. The number of H-pyrrole nitrogens is 1. The number of aromatic nitrogens is 2. The number of hydrogen-bond acceptors (Lipinski definition) is 6. The number of nitrogens with one attached hydrogen (secondary N) is 2. The van der Waals surface area contributed by atoms with Crippen molar-refractivity contribution in [1.82, 2.24) is 15.6 Å². The molecular formula is C22H24N4O4. The van der Waals surface area contributed by atoms with E-state index in [1.54, 1.807) is 38.6 Å². The molecule has 156 valence electrons. The number of carbonyl (C=O) groups excluding carboxylic acids is 1. The Morgan fingerprint density at radius 1 is 1.17 bits per heavy atom. The van der Waals surface area contributed by atoms with Gasteiger partial charge in [0.25, 0.3) is 5.91 Å². The molecule has 0 saturated heterocycles. The topological polar surface area (TPSA) is 97.8 Å². The van der Waals surface area contributed by atoms with Crippen molar-refractivity contribution < 1.29 is 19.0 Å². The van der Waals surface area contributed by atoms with Crippen LogP contribution in [0.25, 0.3) is 11.3 Å². The van der Waals surface area contributed by atoms with E-state index in [-0.39, 0.29) is 5.91 Å². The molecule has 8 nitrogen and oxygen atoms in total. The SMILES string of the molecule is CCCOc1cccc(C(=O)N/N=C\c2cn[nH]c2-c2ccc(OC)c(OC)c2)c1. The minimum atomic E-state index is -0.329. The zero-order valence-electron chi connectivity index (χ0n) is 17.1. The fourth-order valence-corrected chi connectivity index (χ4v) is 2.79. The van der Waals surface area contributed by atoms with Crippen LogP contribution in [0.2, 0.25) is 0 Å². The minimum Gasteiger partial charge on any atom is -0.494 e. The number of hydrazone groups is 1. The van der Waals surface area contributed by atoms with Gasteiger partial charge in [0, 0.05) is 16.7 Å². The van der Waals surface area contributed by atoms with Gasteiger partial charge in [-0.15, -0.1) is 0 Å². The summed E-state index contributed by atoms with van der Waals surface area (Å²) in [5.41, 5.74) is 5.29. The number of methoxy groups -OCH3 is 2. The van der Waals surface area contributed by atoms with Gasteiger partial charge in [-0.1, -0.05) is 13.0 Å². The Labute approximate surface area is 174 Å². The van der Waals surface area contributed by atoms with Gasteiger partial charge in [0.2, 0.25) is 0 Å². The van der Waals surface area contributed by atoms with E-state index in [0.717, 1.165) is 17.7 Å². The van der Waals surface area contributed by atoms with Crippen LogP contribution in [0.3, 0.4) is 0 Å². The van der Waals surface area contributed by atoms with Gasteiger partial charge in [0.1, 0.15) is 5.75 Å². The van der Waals surface area contributed by atoms with Crippen molar-refractivity contribution in [2.75, 3.05) is 20.8 Å². The normalized spacial score (nSPS) is 10.8. The Bertz CT molecular complexity index is 1030. The largest absolute Gasteiger partial charge is 0.494 e. The van der Waals surface area contributed by atoms with Crippen LogP contribution < -0.4 is 19.6 Å². The molecule has 3 rings (SSSR count). The summed E-state index contributed by atoms with van der Waals surface area (Å²) in [6.07, 6.45) is 4.06. The van der Waals surface area contributed by atoms with Crippen LogP contribution in [-0.4, -0.2) is 43.1 Å².